The highest BCUT2D eigenvalue weighted by Gasteiger charge is 2.25. The summed E-state index contributed by atoms with van der Waals surface area (Å²) in [6.07, 6.45) is 3.04. The fraction of sp³-hybridized carbons (Fsp3) is 0.684. The predicted octanol–water partition coefficient (Wildman–Crippen LogP) is 3.27. The Morgan fingerprint density at radius 3 is 2.67 bits per heavy atom. The molecule has 0 saturated heterocycles. The lowest BCUT2D eigenvalue weighted by atomic mass is 10.0. The number of ether oxygens (including phenoxy) is 2. The van der Waals surface area contributed by atoms with Crippen molar-refractivity contribution < 1.29 is 14.3 Å². The number of aromatic nitrogens is 1. The number of hydrogen-bond acceptors (Lipinski definition) is 7. The van der Waals surface area contributed by atoms with Gasteiger partial charge in [0, 0.05) is 24.9 Å². The second kappa shape index (κ2) is 12.6. The normalized spacial score (nSPS) is 12.2. The van der Waals surface area contributed by atoms with Crippen molar-refractivity contribution in [1.82, 2.24) is 10.3 Å². The molecule has 1 aromatic heterocycles. The van der Waals surface area contributed by atoms with Crippen molar-refractivity contribution >= 4 is 27.5 Å². The molecule has 0 aliphatic carbocycles. The van der Waals surface area contributed by atoms with E-state index in [-0.39, 0.29) is 11.5 Å². The summed E-state index contributed by atoms with van der Waals surface area (Å²) >= 11 is 0. The first-order valence-electron chi connectivity index (χ1n) is 9.19. The Kier molecular flexibility index (Phi) is 11.3. The van der Waals surface area contributed by atoms with Crippen molar-refractivity contribution in [3.63, 3.8) is 0 Å². The molecule has 1 rings (SSSR count). The third kappa shape index (κ3) is 12.3. The Bertz CT molecular complexity index is 542. The minimum atomic E-state index is -0.411. The van der Waals surface area contributed by atoms with Gasteiger partial charge in [-0.3, -0.25) is 4.79 Å². The fourth-order valence-corrected chi connectivity index (χ4v) is 3.94. The van der Waals surface area contributed by atoms with Gasteiger partial charge in [-0.25, -0.2) is 4.98 Å². The predicted molar refractivity (Wildman–Crippen MR) is 114 cm³/mol. The van der Waals surface area contributed by atoms with Crippen molar-refractivity contribution in [2.45, 2.75) is 56.8 Å². The van der Waals surface area contributed by atoms with Gasteiger partial charge in [0.05, 0.1) is 24.4 Å². The van der Waals surface area contributed by atoms with Gasteiger partial charge in [-0.15, -0.1) is 0 Å². The highest BCUT2D eigenvalue weighted by Crippen LogP contribution is 2.29. The average molecular weight is 416 g/mol. The van der Waals surface area contributed by atoms with E-state index in [1.807, 2.05) is 45.9 Å². The first-order chi connectivity index (χ1) is 12.7. The number of carbonyl (C=O) groups excluding carboxylic acids is 1. The molecule has 0 aliphatic heterocycles. The molecule has 1 amide bonds. The van der Waals surface area contributed by atoms with Crippen LogP contribution in [0.2, 0.25) is 0 Å². The number of hydrogen-bond donors (Lipinski definition) is 2. The van der Waals surface area contributed by atoms with E-state index in [2.05, 4.69) is 10.3 Å². The van der Waals surface area contributed by atoms with Gasteiger partial charge in [-0.05, 0) is 63.6 Å². The molecule has 3 N–H and O–H groups in total. The average Bonchev–Trinajstić information content (AvgIpc) is 2.62. The van der Waals surface area contributed by atoms with Gasteiger partial charge < -0.3 is 20.5 Å². The molecule has 0 bridgehead atoms. The fourth-order valence-electron chi connectivity index (χ4n) is 2.07. The third-order valence-electron chi connectivity index (χ3n) is 3.67. The molecule has 1 aromatic rings. The van der Waals surface area contributed by atoms with Crippen LogP contribution in [0.15, 0.2) is 29.4 Å². The molecule has 0 aliphatic rings. The first kappa shape index (κ1) is 24.2. The van der Waals surface area contributed by atoms with Crippen molar-refractivity contribution in [2.24, 2.45) is 5.73 Å². The van der Waals surface area contributed by atoms with Gasteiger partial charge in [-0.1, -0.05) is 16.9 Å². The van der Waals surface area contributed by atoms with Crippen LogP contribution in [0.3, 0.4) is 0 Å². The van der Waals surface area contributed by atoms with Gasteiger partial charge in [0.2, 0.25) is 5.91 Å². The van der Waals surface area contributed by atoms with Crippen LogP contribution in [0.5, 0.6) is 0 Å². The van der Waals surface area contributed by atoms with Crippen molar-refractivity contribution in [1.29, 1.82) is 0 Å². The summed E-state index contributed by atoms with van der Waals surface area (Å²) in [5, 5.41) is 3.84. The summed E-state index contributed by atoms with van der Waals surface area (Å²) in [6.45, 7) is 10.0. The Labute approximate surface area is 171 Å². The zero-order chi connectivity index (χ0) is 20.2. The molecular weight excluding hydrogens is 382 g/mol. The van der Waals surface area contributed by atoms with E-state index in [0.717, 1.165) is 17.2 Å². The SMILES string of the molecule is CC(C)(CCN)OCC(C)(C)OCCNC(=O)CCSSc1ccccn1. The lowest BCUT2D eigenvalue weighted by Crippen LogP contribution is -2.39. The highest BCUT2D eigenvalue weighted by molar-refractivity contribution is 8.76. The quantitative estimate of drug-likeness (QED) is 0.356. The molecular formula is C19H33N3O3S2. The van der Waals surface area contributed by atoms with Gasteiger partial charge in [0.15, 0.2) is 0 Å². The van der Waals surface area contributed by atoms with Crippen LogP contribution < -0.4 is 11.1 Å². The van der Waals surface area contributed by atoms with Crippen molar-refractivity contribution in [3.05, 3.63) is 24.4 Å². The highest BCUT2D eigenvalue weighted by atomic mass is 33.1. The van der Waals surface area contributed by atoms with Gasteiger partial charge in [0.1, 0.15) is 5.03 Å². The largest absolute Gasteiger partial charge is 0.373 e. The Morgan fingerprint density at radius 2 is 2.00 bits per heavy atom. The molecule has 6 nitrogen and oxygen atoms in total. The zero-order valence-electron chi connectivity index (χ0n) is 16.8. The smallest absolute Gasteiger partial charge is 0.220 e. The Morgan fingerprint density at radius 1 is 1.22 bits per heavy atom. The molecule has 0 unspecified atom stereocenters. The second-order valence-electron chi connectivity index (χ2n) is 7.37. The molecule has 0 fully saturated rings. The van der Waals surface area contributed by atoms with Gasteiger partial charge >= 0.3 is 0 Å². The maximum absolute atomic E-state index is 11.9. The standard InChI is InChI=1S/C19H33N3O3S2/c1-18(2,9-10-20)25-15-19(3,4)24-13-12-21-16(23)8-14-26-27-17-7-5-6-11-22-17/h5-7,11H,8-10,12-15,20H2,1-4H3,(H,21,23). The maximum atomic E-state index is 11.9. The second-order valence-corrected chi connectivity index (χ2v) is 9.80. The summed E-state index contributed by atoms with van der Waals surface area (Å²) in [4.78, 5) is 16.1. The molecule has 1 heterocycles. The van der Waals surface area contributed by atoms with Crippen LogP contribution in [0, 0.1) is 0 Å². The molecule has 0 aromatic carbocycles. The number of pyridine rings is 1. The van der Waals surface area contributed by atoms with E-state index in [1.165, 1.54) is 0 Å². The Balaban J connectivity index is 2.09. The molecule has 0 radical (unpaired) electrons. The summed E-state index contributed by atoms with van der Waals surface area (Å²) in [7, 11) is 3.21. The number of nitrogens with two attached hydrogens (primary N) is 1. The van der Waals surface area contributed by atoms with E-state index in [9.17, 15) is 4.79 Å². The first-order valence-corrected chi connectivity index (χ1v) is 11.5. The Hall–Kier alpha value is -0.800. The number of nitrogens with one attached hydrogen (secondary N) is 1. The number of nitrogens with zero attached hydrogens (tertiary/aromatic N) is 1. The van der Waals surface area contributed by atoms with Crippen LogP contribution in [0.25, 0.3) is 0 Å². The van der Waals surface area contributed by atoms with Crippen LogP contribution in [-0.4, -0.2) is 54.1 Å². The maximum Gasteiger partial charge on any atom is 0.220 e. The monoisotopic (exact) mass is 415 g/mol. The number of rotatable bonds is 14. The van der Waals surface area contributed by atoms with Crippen LogP contribution >= 0.6 is 21.6 Å². The van der Waals surface area contributed by atoms with Crippen LogP contribution in [0.1, 0.15) is 40.5 Å². The van der Waals surface area contributed by atoms with Crippen LogP contribution in [0.4, 0.5) is 0 Å². The topological polar surface area (TPSA) is 86.5 Å². The lowest BCUT2D eigenvalue weighted by Gasteiger charge is -2.32. The molecule has 0 atom stereocenters. The molecule has 8 heteroatoms. The minimum absolute atomic E-state index is 0.0332. The van der Waals surface area contributed by atoms with Gasteiger partial charge in [0.25, 0.3) is 0 Å². The summed E-state index contributed by atoms with van der Waals surface area (Å²) in [6, 6.07) is 5.80. The summed E-state index contributed by atoms with van der Waals surface area (Å²) < 4.78 is 11.8. The van der Waals surface area contributed by atoms with Crippen molar-refractivity contribution in [2.75, 3.05) is 32.1 Å². The molecule has 0 spiro atoms. The molecule has 154 valence electrons. The number of carbonyl (C=O) groups is 1. The molecule has 27 heavy (non-hydrogen) atoms. The van der Waals surface area contributed by atoms with Crippen molar-refractivity contribution in [3.8, 4) is 0 Å². The van der Waals surface area contributed by atoms with E-state index in [1.54, 1.807) is 27.8 Å². The third-order valence-corrected chi connectivity index (χ3v) is 5.94. The van der Waals surface area contributed by atoms with Gasteiger partial charge in [-0.2, -0.15) is 0 Å². The lowest BCUT2D eigenvalue weighted by molar-refractivity contribution is -0.126. The number of amides is 1. The van der Waals surface area contributed by atoms with E-state index in [0.29, 0.717) is 32.7 Å². The van der Waals surface area contributed by atoms with E-state index in [4.69, 9.17) is 15.2 Å². The zero-order valence-corrected chi connectivity index (χ0v) is 18.5. The minimum Gasteiger partial charge on any atom is -0.373 e. The molecule has 0 saturated carbocycles. The summed E-state index contributed by atoms with van der Waals surface area (Å²) in [5.41, 5.74) is 4.93. The van der Waals surface area contributed by atoms with E-state index >= 15 is 0 Å². The van der Waals surface area contributed by atoms with Crippen LogP contribution in [-0.2, 0) is 14.3 Å². The summed E-state index contributed by atoms with van der Waals surface area (Å²) in [5.74, 6) is 0.773. The van der Waals surface area contributed by atoms with E-state index < -0.39 is 5.60 Å².